The van der Waals surface area contributed by atoms with Gasteiger partial charge in [-0.3, -0.25) is 4.79 Å². The van der Waals surface area contributed by atoms with E-state index in [0.717, 1.165) is 56.4 Å². The van der Waals surface area contributed by atoms with E-state index in [2.05, 4.69) is 10.2 Å². The average molecular weight is 364 g/mol. The zero-order valence-electron chi connectivity index (χ0n) is 16.0. The number of rotatable bonds is 8. The quantitative estimate of drug-likeness (QED) is 0.694. The Morgan fingerprint density at radius 1 is 1.23 bits per heavy atom. The molecule has 1 aliphatic heterocycles. The molecular weight excluding hydrogens is 332 g/mol. The van der Waals surface area contributed by atoms with Crippen molar-refractivity contribution in [2.24, 2.45) is 0 Å². The highest BCUT2D eigenvalue weighted by molar-refractivity contribution is 5.95. The Balaban J connectivity index is 2.19. The lowest BCUT2D eigenvalue weighted by molar-refractivity contribution is 0.0948. The Labute approximate surface area is 156 Å². The first-order valence-electron chi connectivity index (χ1n) is 9.50. The third kappa shape index (κ3) is 5.97. The van der Waals surface area contributed by atoms with Crippen LogP contribution >= 0.6 is 0 Å². The van der Waals surface area contributed by atoms with Crippen molar-refractivity contribution in [2.75, 3.05) is 52.0 Å². The Kier molecular flexibility index (Phi) is 8.88. The predicted molar refractivity (Wildman–Crippen MR) is 103 cm³/mol. The molecule has 146 valence electrons. The van der Waals surface area contributed by atoms with Crippen LogP contribution in [0.15, 0.2) is 18.2 Å². The van der Waals surface area contributed by atoms with Crippen molar-refractivity contribution < 1.29 is 19.4 Å². The van der Waals surface area contributed by atoms with Crippen molar-refractivity contribution in [3.8, 4) is 0 Å². The minimum absolute atomic E-state index is 0.112. The van der Waals surface area contributed by atoms with Crippen molar-refractivity contribution in [1.29, 1.82) is 0 Å². The molecule has 1 unspecified atom stereocenters. The Morgan fingerprint density at radius 3 is 2.81 bits per heavy atom. The molecule has 1 aliphatic rings. The van der Waals surface area contributed by atoms with Gasteiger partial charge in [-0.05, 0) is 37.5 Å². The molecule has 0 aromatic heterocycles. The third-order valence-electron chi connectivity index (χ3n) is 4.77. The van der Waals surface area contributed by atoms with Crippen LogP contribution < -0.4 is 10.2 Å². The van der Waals surface area contributed by atoms with Crippen LogP contribution in [-0.4, -0.2) is 58.1 Å². The van der Waals surface area contributed by atoms with Crippen molar-refractivity contribution in [2.45, 2.75) is 38.2 Å². The molecule has 0 saturated heterocycles. The minimum atomic E-state index is -0.547. The Morgan fingerprint density at radius 2 is 2.04 bits per heavy atom. The molecule has 6 heteroatoms. The van der Waals surface area contributed by atoms with E-state index in [0.29, 0.717) is 25.3 Å². The van der Waals surface area contributed by atoms with Crippen LogP contribution in [0.25, 0.3) is 0 Å². The van der Waals surface area contributed by atoms with Gasteiger partial charge in [0.15, 0.2) is 0 Å². The summed E-state index contributed by atoms with van der Waals surface area (Å²) in [6, 6.07) is 5.65. The highest BCUT2D eigenvalue weighted by Gasteiger charge is 2.21. The van der Waals surface area contributed by atoms with E-state index in [9.17, 15) is 9.90 Å². The maximum Gasteiger partial charge on any atom is 0.251 e. The van der Waals surface area contributed by atoms with Gasteiger partial charge in [-0.1, -0.05) is 12.8 Å². The molecule has 26 heavy (non-hydrogen) atoms. The summed E-state index contributed by atoms with van der Waals surface area (Å²) in [5.74, 6) is -0.112. The maximum absolute atomic E-state index is 12.4. The molecule has 0 saturated carbocycles. The van der Waals surface area contributed by atoms with Crippen LogP contribution in [0.2, 0.25) is 0 Å². The molecule has 6 nitrogen and oxygen atoms in total. The first kappa shape index (κ1) is 20.7. The molecule has 0 aliphatic carbocycles. The summed E-state index contributed by atoms with van der Waals surface area (Å²) in [6.45, 7) is 3.55. The SMILES string of the molecule is COCCCNC(=O)c1ccc2c(c1)C(O)CCCCCN2CCOC. The zero-order chi connectivity index (χ0) is 18.8. The number of nitrogens with zero attached hydrogens (tertiary/aromatic N) is 1. The molecule has 1 aromatic carbocycles. The van der Waals surface area contributed by atoms with Crippen molar-refractivity contribution in [3.05, 3.63) is 29.3 Å². The summed E-state index contributed by atoms with van der Waals surface area (Å²) in [5, 5.41) is 13.6. The number of ether oxygens (including phenoxy) is 2. The Bertz CT molecular complexity index is 565. The van der Waals surface area contributed by atoms with Crippen LogP contribution in [0.1, 0.15) is 54.1 Å². The van der Waals surface area contributed by atoms with Gasteiger partial charge >= 0.3 is 0 Å². The van der Waals surface area contributed by atoms with E-state index in [1.54, 1.807) is 14.2 Å². The van der Waals surface area contributed by atoms with E-state index in [1.165, 1.54) is 0 Å². The van der Waals surface area contributed by atoms with Crippen LogP contribution in [0, 0.1) is 0 Å². The maximum atomic E-state index is 12.4. The smallest absolute Gasteiger partial charge is 0.251 e. The van der Waals surface area contributed by atoms with E-state index < -0.39 is 6.10 Å². The fraction of sp³-hybridized carbons (Fsp3) is 0.650. The van der Waals surface area contributed by atoms with E-state index in [4.69, 9.17) is 9.47 Å². The number of benzene rings is 1. The summed E-state index contributed by atoms with van der Waals surface area (Å²) < 4.78 is 10.2. The number of nitrogens with one attached hydrogen (secondary N) is 1. The van der Waals surface area contributed by atoms with Crippen molar-refractivity contribution in [3.63, 3.8) is 0 Å². The second-order valence-electron chi connectivity index (χ2n) is 6.72. The first-order chi connectivity index (χ1) is 12.7. The minimum Gasteiger partial charge on any atom is -0.388 e. The number of amides is 1. The van der Waals surface area contributed by atoms with Crippen LogP contribution in [0.5, 0.6) is 0 Å². The van der Waals surface area contributed by atoms with Crippen LogP contribution in [0.4, 0.5) is 5.69 Å². The summed E-state index contributed by atoms with van der Waals surface area (Å²) >= 11 is 0. The van der Waals surface area contributed by atoms with Gasteiger partial charge < -0.3 is 24.8 Å². The van der Waals surface area contributed by atoms with Gasteiger partial charge in [0, 0.05) is 57.3 Å². The van der Waals surface area contributed by atoms with E-state index >= 15 is 0 Å². The van der Waals surface area contributed by atoms with Gasteiger partial charge in [-0.25, -0.2) is 0 Å². The number of carbonyl (C=O) groups is 1. The van der Waals surface area contributed by atoms with Crippen molar-refractivity contribution in [1.82, 2.24) is 5.32 Å². The average Bonchev–Trinajstić information content (AvgIpc) is 2.73. The van der Waals surface area contributed by atoms with Gasteiger partial charge in [0.1, 0.15) is 0 Å². The lowest BCUT2D eigenvalue weighted by Gasteiger charge is -2.28. The van der Waals surface area contributed by atoms with Gasteiger partial charge in [-0.15, -0.1) is 0 Å². The molecule has 0 radical (unpaired) electrons. The number of anilines is 1. The van der Waals surface area contributed by atoms with Crippen LogP contribution in [0.3, 0.4) is 0 Å². The lowest BCUT2D eigenvalue weighted by atomic mass is 9.99. The monoisotopic (exact) mass is 364 g/mol. The molecular formula is C20H32N2O4. The van der Waals surface area contributed by atoms with Gasteiger partial charge in [0.25, 0.3) is 5.91 Å². The molecule has 0 spiro atoms. The first-order valence-corrected chi connectivity index (χ1v) is 9.50. The second kappa shape index (κ2) is 11.2. The Hall–Kier alpha value is -1.63. The lowest BCUT2D eigenvalue weighted by Crippen LogP contribution is -2.30. The largest absolute Gasteiger partial charge is 0.388 e. The number of fused-ring (bicyclic) bond motifs is 1. The topological polar surface area (TPSA) is 71.0 Å². The predicted octanol–water partition coefficient (Wildman–Crippen LogP) is 2.51. The zero-order valence-corrected chi connectivity index (χ0v) is 16.0. The summed E-state index contributed by atoms with van der Waals surface area (Å²) in [4.78, 5) is 14.7. The number of carbonyl (C=O) groups excluding carboxylic acids is 1. The van der Waals surface area contributed by atoms with Gasteiger partial charge in [-0.2, -0.15) is 0 Å². The molecule has 0 fully saturated rings. The number of aliphatic hydroxyl groups excluding tert-OH is 1. The fourth-order valence-electron chi connectivity index (χ4n) is 3.30. The van der Waals surface area contributed by atoms with E-state index in [1.807, 2.05) is 18.2 Å². The number of methoxy groups -OCH3 is 2. The molecule has 2 N–H and O–H groups in total. The third-order valence-corrected chi connectivity index (χ3v) is 4.77. The molecule has 1 amide bonds. The summed E-state index contributed by atoms with van der Waals surface area (Å²) in [7, 11) is 3.35. The van der Waals surface area contributed by atoms with Gasteiger partial charge in [0.05, 0.1) is 12.7 Å². The number of hydrogen-bond acceptors (Lipinski definition) is 5. The standard InChI is InChI=1S/C20H32N2O4/c1-25-13-6-10-21-20(24)16-8-9-18-17(15-16)19(23)7-4-3-5-11-22(18)12-14-26-2/h8-9,15,19,23H,3-7,10-14H2,1-2H3,(H,21,24). The number of hydrogen-bond donors (Lipinski definition) is 2. The molecule has 1 aromatic rings. The second-order valence-corrected chi connectivity index (χ2v) is 6.72. The molecule has 2 rings (SSSR count). The van der Waals surface area contributed by atoms with Crippen molar-refractivity contribution >= 4 is 11.6 Å². The highest BCUT2D eigenvalue weighted by atomic mass is 16.5. The molecule has 1 heterocycles. The normalized spacial score (nSPS) is 17.8. The highest BCUT2D eigenvalue weighted by Crippen LogP contribution is 2.32. The summed E-state index contributed by atoms with van der Waals surface area (Å²) in [5.41, 5.74) is 2.44. The summed E-state index contributed by atoms with van der Waals surface area (Å²) in [6.07, 6.45) is 4.14. The molecule has 1 atom stereocenters. The number of aliphatic hydroxyl groups is 1. The van der Waals surface area contributed by atoms with Crippen LogP contribution in [-0.2, 0) is 9.47 Å². The molecule has 0 bridgehead atoms. The fourth-order valence-corrected chi connectivity index (χ4v) is 3.30. The van der Waals surface area contributed by atoms with E-state index in [-0.39, 0.29) is 5.91 Å². The van der Waals surface area contributed by atoms with Gasteiger partial charge in [0.2, 0.25) is 0 Å².